The number of benzene rings is 1. The summed E-state index contributed by atoms with van der Waals surface area (Å²) in [6, 6.07) is 6.11. The summed E-state index contributed by atoms with van der Waals surface area (Å²) in [6.45, 7) is 3.46. The Kier molecular flexibility index (Phi) is 5.14. The summed E-state index contributed by atoms with van der Waals surface area (Å²) in [5.41, 5.74) is 2.28. The van der Waals surface area contributed by atoms with Crippen LogP contribution in [0.25, 0.3) is 0 Å². The number of ether oxygens (including phenoxy) is 1. The summed E-state index contributed by atoms with van der Waals surface area (Å²) >= 11 is 0. The Hall–Kier alpha value is -2.04. The highest BCUT2D eigenvalue weighted by Crippen LogP contribution is 2.27. The van der Waals surface area contributed by atoms with E-state index < -0.39 is 0 Å². The van der Waals surface area contributed by atoms with Crippen LogP contribution in [0.4, 0.5) is 0 Å². The van der Waals surface area contributed by atoms with Gasteiger partial charge in [-0.2, -0.15) is 0 Å². The Morgan fingerprint density at radius 1 is 1.00 bits per heavy atom. The molecular weight excluding hydrogens is 328 g/mol. The average molecular weight is 356 g/mol. The first-order valence-electron chi connectivity index (χ1n) is 10.0. The van der Waals surface area contributed by atoms with Crippen molar-refractivity contribution in [2.75, 3.05) is 32.8 Å². The minimum Gasteiger partial charge on any atom is -0.493 e. The van der Waals surface area contributed by atoms with Crippen LogP contribution < -0.4 is 4.74 Å². The summed E-state index contributed by atoms with van der Waals surface area (Å²) in [6.07, 6.45) is 6.95. The topological polar surface area (TPSA) is 49.9 Å². The van der Waals surface area contributed by atoms with Gasteiger partial charge in [0.15, 0.2) is 0 Å². The SMILES string of the molecule is O=C(Cc1ccc2c(c1)CCCO2)N1CCN(C(=O)C2CCCC2)CC1. The Morgan fingerprint density at radius 3 is 2.50 bits per heavy atom. The van der Waals surface area contributed by atoms with Gasteiger partial charge < -0.3 is 14.5 Å². The summed E-state index contributed by atoms with van der Waals surface area (Å²) in [5, 5.41) is 0. The molecule has 5 nitrogen and oxygen atoms in total. The van der Waals surface area contributed by atoms with Crippen LogP contribution in [-0.2, 0) is 22.4 Å². The molecule has 0 spiro atoms. The number of fused-ring (bicyclic) bond motifs is 1. The quantitative estimate of drug-likeness (QED) is 0.836. The normalized spacial score (nSPS) is 20.6. The molecule has 2 fully saturated rings. The molecule has 1 saturated heterocycles. The van der Waals surface area contributed by atoms with E-state index in [0.717, 1.165) is 43.6 Å². The number of aryl methyl sites for hydroxylation is 1. The lowest BCUT2D eigenvalue weighted by atomic mass is 10.0. The third-order valence-electron chi connectivity index (χ3n) is 5.98. The molecule has 2 heterocycles. The van der Waals surface area contributed by atoms with Crippen LogP contribution in [0.15, 0.2) is 18.2 Å². The fourth-order valence-electron chi connectivity index (χ4n) is 4.42. The van der Waals surface area contributed by atoms with Gasteiger partial charge in [0.2, 0.25) is 11.8 Å². The molecule has 4 rings (SSSR count). The molecule has 140 valence electrons. The first-order valence-corrected chi connectivity index (χ1v) is 10.0. The number of amides is 2. The lowest BCUT2D eigenvalue weighted by molar-refractivity contribution is -0.141. The van der Waals surface area contributed by atoms with Crippen molar-refractivity contribution in [2.45, 2.75) is 44.9 Å². The number of hydrogen-bond acceptors (Lipinski definition) is 3. The monoisotopic (exact) mass is 356 g/mol. The summed E-state index contributed by atoms with van der Waals surface area (Å²) in [4.78, 5) is 29.1. The molecule has 0 N–H and O–H groups in total. The number of nitrogens with zero attached hydrogens (tertiary/aromatic N) is 2. The zero-order valence-electron chi connectivity index (χ0n) is 15.4. The lowest BCUT2D eigenvalue weighted by Crippen LogP contribution is -2.52. The molecule has 0 bridgehead atoms. The number of piperazine rings is 1. The van der Waals surface area contributed by atoms with Crippen LogP contribution in [0, 0.1) is 5.92 Å². The van der Waals surface area contributed by atoms with Gasteiger partial charge in [0.1, 0.15) is 5.75 Å². The maximum absolute atomic E-state index is 12.7. The third-order valence-corrected chi connectivity index (χ3v) is 5.98. The van der Waals surface area contributed by atoms with Crippen LogP contribution in [0.3, 0.4) is 0 Å². The smallest absolute Gasteiger partial charge is 0.227 e. The van der Waals surface area contributed by atoms with Crippen molar-refractivity contribution in [2.24, 2.45) is 5.92 Å². The maximum atomic E-state index is 12.7. The van der Waals surface area contributed by atoms with Gasteiger partial charge in [0.25, 0.3) is 0 Å². The first-order chi connectivity index (χ1) is 12.7. The van der Waals surface area contributed by atoms with Crippen molar-refractivity contribution < 1.29 is 14.3 Å². The van der Waals surface area contributed by atoms with Gasteiger partial charge in [-0.25, -0.2) is 0 Å². The lowest BCUT2D eigenvalue weighted by Gasteiger charge is -2.36. The molecule has 0 atom stereocenters. The molecule has 1 saturated carbocycles. The molecule has 1 aromatic carbocycles. The van der Waals surface area contributed by atoms with Crippen molar-refractivity contribution in [1.29, 1.82) is 0 Å². The third kappa shape index (κ3) is 3.71. The van der Waals surface area contributed by atoms with Crippen LogP contribution >= 0.6 is 0 Å². The van der Waals surface area contributed by atoms with Gasteiger partial charge in [0.05, 0.1) is 13.0 Å². The van der Waals surface area contributed by atoms with E-state index in [0.29, 0.717) is 38.5 Å². The molecular formula is C21H28N2O3. The van der Waals surface area contributed by atoms with Gasteiger partial charge >= 0.3 is 0 Å². The van der Waals surface area contributed by atoms with E-state index in [2.05, 4.69) is 6.07 Å². The highest BCUT2D eigenvalue weighted by Gasteiger charge is 2.30. The fraction of sp³-hybridized carbons (Fsp3) is 0.619. The second-order valence-electron chi connectivity index (χ2n) is 7.76. The van der Waals surface area contributed by atoms with E-state index in [1.54, 1.807) is 0 Å². The molecule has 1 aliphatic carbocycles. The minimum absolute atomic E-state index is 0.162. The molecule has 2 aliphatic heterocycles. The molecule has 1 aromatic rings. The van der Waals surface area contributed by atoms with Gasteiger partial charge in [-0.1, -0.05) is 25.0 Å². The maximum Gasteiger partial charge on any atom is 0.227 e. The van der Waals surface area contributed by atoms with Gasteiger partial charge in [-0.15, -0.1) is 0 Å². The van der Waals surface area contributed by atoms with Crippen molar-refractivity contribution >= 4 is 11.8 Å². The van der Waals surface area contributed by atoms with Crippen LogP contribution in [0.1, 0.15) is 43.2 Å². The van der Waals surface area contributed by atoms with Crippen molar-refractivity contribution in [3.8, 4) is 5.75 Å². The summed E-state index contributed by atoms with van der Waals surface area (Å²) < 4.78 is 5.64. The Bertz CT molecular complexity index is 674. The summed E-state index contributed by atoms with van der Waals surface area (Å²) in [7, 11) is 0. The molecule has 26 heavy (non-hydrogen) atoms. The molecule has 2 amide bonds. The molecule has 5 heteroatoms. The second kappa shape index (κ2) is 7.68. The predicted octanol–water partition coefficient (Wildman–Crippen LogP) is 2.42. The Balaban J connectivity index is 1.30. The van der Waals surface area contributed by atoms with Crippen LogP contribution in [0.5, 0.6) is 5.75 Å². The minimum atomic E-state index is 0.162. The number of carbonyl (C=O) groups excluding carboxylic acids is 2. The van der Waals surface area contributed by atoms with Gasteiger partial charge in [0, 0.05) is 32.1 Å². The van der Waals surface area contributed by atoms with E-state index >= 15 is 0 Å². The van der Waals surface area contributed by atoms with Gasteiger partial charge in [-0.05, 0) is 42.9 Å². The van der Waals surface area contributed by atoms with E-state index in [-0.39, 0.29) is 11.8 Å². The van der Waals surface area contributed by atoms with Crippen molar-refractivity contribution in [3.05, 3.63) is 29.3 Å². The first kappa shape index (κ1) is 17.4. The highest BCUT2D eigenvalue weighted by atomic mass is 16.5. The van der Waals surface area contributed by atoms with Crippen molar-refractivity contribution in [1.82, 2.24) is 9.80 Å². The molecule has 0 aromatic heterocycles. The van der Waals surface area contributed by atoms with Gasteiger partial charge in [-0.3, -0.25) is 9.59 Å². The van der Waals surface area contributed by atoms with E-state index in [9.17, 15) is 9.59 Å². The Labute approximate surface area is 155 Å². The Morgan fingerprint density at radius 2 is 1.73 bits per heavy atom. The van der Waals surface area contributed by atoms with E-state index in [1.807, 2.05) is 21.9 Å². The number of carbonyl (C=O) groups is 2. The zero-order valence-corrected chi connectivity index (χ0v) is 15.4. The predicted molar refractivity (Wildman–Crippen MR) is 99.1 cm³/mol. The molecule has 3 aliphatic rings. The second-order valence-corrected chi connectivity index (χ2v) is 7.76. The van der Waals surface area contributed by atoms with E-state index in [1.165, 1.54) is 18.4 Å². The zero-order chi connectivity index (χ0) is 17.9. The largest absolute Gasteiger partial charge is 0.493 e. The standard InChI is InChI=1S/C21H28N2O3/c24-20(15-16-7-8-19-18(14-16)6-3-13-26-19)22-9-11-23(12-10-22)21(25)17-4-1-2-5-17/h7-8,14,17H,1-6,9-13,15H2. The van der Waals surface area contributed by atoms with Crippen molar-refractivity contribution in [3.63, 3.8) is 0 Å². The average Bonchev–Trinajstić information content (AvgIpc) is 3.22. The summed E-state index contributed by atoms with van der Waals surface area (Å²) in [5.74, 6) is 1.67. The number of rotatable bonds is 3. The molecule has 0 radical (unpaired) electrons. The number of hydrogen-bond donors (Lipinski definition) is 0. The van der Waals surface area contributed by atoms with Crippen LogP contribution in [0.2, 0.25) is 0 Å². The fourth-order valence-corrected chi connectivity index (χ4v) is 4.42. The molecule has 0 unspecified atom stereocenters. The van der Waals surface area contributed by atoms with Crippen LogP contribution in [-0.4, -0.2) is 54.4 Å². The highest BCUT2D eigenvalue weighted by molar-refractivity contribution is 5.81. The van der Waals surface area contributed by atoms with E-state index in [4.69, 9.17) is 4.74 Å².